The van der Waals surface area contributed by atoms with Crippen LogP contribution in [0.5, 0.6) is 17.2 Å². The maximum absolute atomic E-state index is 14.5. The number of hydrogen-bond acceptors (Lipinski definition) is 13. The molecule has 0 spiro atoms. The minimum atomic E-state index is -1.78. The lowest BCUT2D eigenvalue weighted by atomic mass is 9.79. The number of hydrogen-bond donors (Lipinski definition) is 6. The Labute approximate surface area is 297 Å². The average Bonchev–Trinajstić information content (AvgIpc) is 3.12. The normalized spacial score (nSPS) is 21.2. The minimum absolute atomic E-state index is 0.0139. The maximum Gasteiger partial charge on any atom is 0.308 e. The highest BCUT2D eigenvalue weighted by molar-refractivity contribution is 6.31. The number of benzene rings is 4. The summed E-state index contributed by atoms with van der Waals surface area (Å²) < 4.78 is 17.1. The van der Waals surface area contributed by atoms with E-state index >= 15 is 0 Å². The van der Waals surface area contributed by atoms with E-state index in [2.05, 4.69) is 0 Å². The van der Waals surface area contributed by atoms with Crippen molar-refractivity contribution >= 4 is 36.0 Å². The lowest BCUT2D eigenvalue weighted by molar-refractivity contribution is -0.268. The van der Waals surface area contributed by atoms with Gasteiger partial charge in [-0.25, -0.2) is 0 Å². The van der Waals surface area contributed by atoms with Crippen LogP contribution in [-0.2, 0) is 16.0 Å². The zero-order chi connectivity index (χ0) is 37.4. The van der Waals surface area contributed by atoms with Crippen LogP contribution >= 0.6 is 0 Å². The zero-order valence-electron chi connectivity index (χ0n) is 28.1. The van der Waals surface area contributed by atoms with Crippen LogP contribution in [0.1, 0.15) is 90.0 Å². The summed E-state index contributed by atoms with van der Waals surface area (Å²) in [5.74, 6) is -2.99. The van der Waals surface area contributed by atoms with Gasteiger partial charge in [-0.2, -0.15) is 0 Å². The van der Waals surface area contributed by atoms with E-state index in [0.717, 1.165) is 5.56 Å². The van der Waals surface area contributed by atoms with E-state index in [4.69, 9.17) is 25.7 Å². The van der Waals surface area contributed by atoms with Crippen LogP contribution < -0.4 is 20.9 Å². The second-order valence-electron chi connectivity index (χ2n) is 12.6. The van der Waals surface area contributed by atoms with Gasteiger partial charge in [0.05, 0.1) is 17.8 Å². The number of carbonyl (C=O) groups excluding carboxylic acids is 4. The lowest BCUT2D eigenvalue weighted by Gasteiger charge is -2.39. The van der Waals surface area contributed by atoms with Crippen molar-refractivity contribution in [2.45, 2.75) is 57.1 Å². The van der Waals surface area contributed by atoms with Gasteiger partial charge in [0.25, 0.3) is 0 Å². The minimum Gasteiger partial charge on any atom is -0.507 e. The molecular weight excluding hydrogens is 672 g/mol. The molecule has 8 N–H and O–H groups in total. The number of aliphatic hydroxyl groups is 3. The number of aliphatic hydroxyl groups excluding tert-OH is 3. The molecular formula is C39H36N2O11. The molecule has 6 rings (SSSR count). The monoisotopic (exact) mass is 708 g/mol. The number of ether oxygens (including phenoxy) is 3. The van der Waals surface area contributed by atoms with Gasteiger partial charge in [0.15, 0.2) is 17.9 Å². The fourth-order valence-corrected chi connectivity index (χ4v) is 6.47. The Bertz CT molecular complexity index is 2110. The van der Waals surface area contributed by atoms with Crippen molar-refractivity contribution in [1.29, 1.82) is 0 Å². The van der Waals surface area contributed by atoms with Gasteiger partial charge < -0.3 is 46.1 Å². The molecule has 4 aromatic rings. The van der Waals surface area contributed by atoms with Gasteiger partial charge >= 0.3 is 5.97 Å². The molecule has 1 saturated heterocycles. The molecule has 268 valence electrons. The van der Waals surface area contributed by atoms with Crippen molar-refractivity contribution in [3.05, 3.63) is 122 Å². The van der Waals surface area contributed by atoms with Crippen molar-refractivity contribution in [2.75, 3.05) is 0 Å². The molecule has 0 radical (unpaired) electrons. The molecule has 52 heavy (non-hydrogen) atoms. The first-order valence-electron chi connectivity index (χ1n) is 16.3. The molecule has 0 unspecified atom stereocenters. The molecule has 2 aliphatic rings. The highest BCUT2D eigenvalue weighted by Gasteiger charge is 2.44. The van der Waals surface area contributed by atoms with Gasteiger partial charge in [-0.15, -0.1) is 0 Å². The predicted molar refractivity (Wildman–Crippen MR) is 187 cm³/mol. The fourth-order valence-electron chi connectivity index (χ4n) is 6.47. The Balaban J connectivity index is 1.55. The van der Waals surface area contributed by atoms with Crippen molar-refractivity contribution in [3.63, 3.8) is 0 Å². The molecule has 1 fully saturated rings. The van der Waals surface area contributed by atoms with Crippen LogP contribution in [-0.4, -0.2) is 75.0 Å². The molecule has 4 aromatic carbocycles. The molecule has 1 aliphatic carbocycles. The lowest BCUT2D eigenvalue weighted by Crippen LogP contribution is -2.58. The number of phenolic OH excluding ortho intramolecular Hbond substituents is 1. The van der Waals surface area contributed by atoms with E-state index < -0.39 is 60.2 Å². The second kappa shape index (κ2) is 14.6. The Hall–Kier alpha value is -5.54. The van der Waals surface area contributed by atoms with Gasteiger partial charge in [0.2, 0.25) is 6.29 Å². The number of fused-ring (bicyclic) bond motifs is 2. The molecule has 13 nitrogen and oxygen atoms in total. The summed E-state index contributed by atoms with van der Waals surface area (Å²) in [4.78, 5) is 53.1. The summed E-state index contributed by atoms with van der Waals surface area (Å²) in [5.41, 5.74) is 12.6. The molecule has 1 heterocycles. The molecule has 5 atom stereocenters. The highest BCUT2D eigenvalue weighted by Crippen LogP contribution is 2.44. The fraction of sp³-hybridized carbons (Fsp3) is 0.231. The largest absolute Gasteiger partial charge is 0.507 e. The average molecular weight is 709 g/mol. The SMILES string of the molecule is CC(=O)Oc1ccc2c(c1C=Cc1ccccc1)C(=O)c1cc(O[C@H]3O[C@H](C)[C@@H](O)[C@@H](O)[C@H]3O)c(Cc3cccc(C(N)N)c3C=O)c(O)c1C2=O. The van der Waals surface area contributed by atoms with Crippen LogP contribution in [0.25, 0.3) is 12.2 Å². The third kappa shape index (κ3) is 6.64. The summed E-state index contributed by atoms with van der Waals surface area (Å²) in [5, 5.41) is 43.5. The molecule has 0 aromatic heterocycles. The van der Waals surface area contributed by atoms with Crippen LogP contribution in [0.15, 0.2) is 66.7 Å². The number of carbonyl (C=O) groups is 4. The van der Waals surface area contributed by atoms with E-state index in [9.17, 15) is 39.6 Å². The first-order chi connectivity index (χ1) is 24.8. The summed E-state index contributed by atoms with van der Waals surface area (Å²) in [6, 6.07) is 17.7. The van der Waals surface area contributed by atoms with E-state index in [1.54, 1.807) is 30.4 Å². The van der Waals surface area contributed by atoms with Crippen LogP contribution in [0.4, 0.5) is 0 Å². The van der Waals surface area contributed by atoms with Crippen molar-refractivity contribution < 1.29 is 53.8 Å². The standard InChI is InChI=1S/C39H36N2O11/c1-18-32(44)36(48)37(49)39(50-18)52-29-16-26-31(34(46)25(29)15-21-9-6-10-22(38(40)41)27(21)17-42)33(45)24-13-14-28(51-19(2)43)23(30(24)35(26)47)12-11-20-7-4-3-5-8-20/h3-14,16-18,32,36-39,44,46,48-49H,15,40-41H2,1-2H3/t18-,32-,36-,37-,39-/m1/s1. The zero-order valence-corrected chi connectivity index (χ0v) is 28.1. The van der Waals surface area contributed by atoms with Crippen molar-refractivity contribution in [3.8, 4) is 17.2 Å². The number of aromatic hydroxyl groups is 1. The third-order valence-electron chi connectivity index (χ3n) is 9.14. The van der Waals surface area contributed by atoms with Crippen molar-refractivity contribution in [2.24, 2.45) is 11.5 Å². The number of esters is 1. The van der Waals surface area contributed by atoms with E-state index in [1.807, 2.05) is 30.3 Å². The number of rotatable bonds is 9. The summed E-state index contributed by atoms with van der Waals surface area (Å²) >= 11 is 0. The van der Waals surface area contributed by atoms with E-state index in [0.29, 0.717) is 17.4 Å². The number of nitrogens with two attached hydrogens (primary N) is 2. The topological polar surface area (TPSA) is 229 Å². The van der Waals surface area contributed by atoms with Gasteiger partial charge in [-0.1, -0.05) is 54.6 Å². The Kier molecular flexibility index (Phi) is 10.2. The summed E-state index contributed by atoms with van der Waals surface area (Å²) in [7, 11) is 0. The van der Waals surface area contributed by atoms with E-state index in [-0.39, 0.29) is 56.9 Å². The first-order valence-corrected chi connectivity index (χ1v) is 16.3. The third-order valence-corrected chi connectivity index (χ3v) is 9.14. The summed E-state index contributed by atoms with van der Waals surface area (Å²) in [6.07, 6.45) is -5.02. The highest BCUT2D eigenvalue weighted by atomic mass is 16.7. The number of phenols is 1. The maximum atomic E-state index is 14.5. The van der Waals surface area contributed by atoms with Crippen LogP contribution in [0.3, 0.4) is 0 Å². The van der Waals surface area contributed by atoms with Gasteiger partial charge in [-0.3, -0.25) is 19.2 Å². The van der Waals surface area contributed by atoms with Crippen molar-refractivity contribution in [1.82, 2.24) is 0 Å². The molecule has 0 amide bonds. The molecule has 1 aliphatic heterocycles. The molecule has 0 saturated carbocycles. The second-order valence-corrected chi connectivity index (χ2v) is 12.6. The quantitative estimate of drug-likeness (QED) is 0.0426. The predicted octanol–water partition coefficient (Wildman–Crippen LogP) is 2.79. The van der Waals surface area contributed by atoms with Gasteiger partial charge in [0.1, 0.15) is 35.6 Å². The molecule has 13 heteroatoms. The van der Waals surface area contributed by atoms with E-state index in [1.165, 1.54) is 32.0 Å². The Morgan fingerprint density at radius 2 is 1.58 bits per heavy atom. The number of ketones is 2. The van der Waals surface area contributed by atoms with Gasteiger partial charge in [-0.05, 0) is 47.9 Å². The Morgan fingerprint density at radius 3 is 2.25 bits per heavy atom. The molecule has 0 bridgehead atoms. The van der Waals surface area contributed by atoms with Gasteiger partial charge in [0, 0.05) is 46.7 Å². The first kappa shape index (κ1) is 36.3. The smallest absolute Gasteiger partial charge is 0.308 e. The number of aldehydes is 1. The summed E-state index contributed by atoms with van der Waals surface area (Å²) in [6.45, 7) is 2.64. The van der Waals surface area contributed by atoms with Crippen LogP contribution in [0.2, 0.25) is 0 Å². The Morgan fingerprint density at radius 1 is 0.865 bits per heavy atom. The van der Waals surface area contributed by atoms with Crippen LogP contribution in [0, 0.1) is 0 Å².